The quantitative estimate of drug-likeness (QED) is 0.436. The van der Waals surface area contributed by atoms with Gasteiger partial charge in [0.1, 0.15) is 23.1 Å². The third kappa shape index (κ3) is 6.14. The molecule has 204 valence electrons. The van der Waals surface area contributed by atoms with Crippen LogP contribution in [0.15, 0.2) is 35.1 Å². The maximum absolute atomic E-state index is 13.4. The highest BCUT2D eigenvalue weighted by Crippen LogP contribution is 2.30. The minimum Gasteiger partial charge on any atom is -0.354 e. The van der Waals surface area contributed by atoms with Crippen LogP contribution in [0.5, 0.6) is 0 Å². The van der Waals surface area contributed by atoms with Crippen molar-refractivity contribution in [2.75, 3.05) is 45.2 Å². The summed E-state index contributed by atoms with van der Waals surface area (Å²) < 4.78 is 3.40. The second-order valence-corrected chi connectivity index (χ2v) is 12.8. The summed E-state index contributed by atoms with van der Waals surface area (Å²) >= 11 is 13.8. The van der Waals surface area contributed by atoms with Crippen molar-refractivity contribution in [2.45, 2.75) is 33.9 Å². The number of rotatable bonds is 6. The number of thiophene rings is 1. The van der Waals surface area contributed by atoms with Crippen LogP contribution in [0.4, 0.5) is 5.82 Å². The molecule has 0 unspecified atom stereocenters. The number of nitrogens with zero attached hydrogens (tertiary/aromatic N) is 6. The lowest BCUT2D eigenvalue weighted by Gasteiger charge is -2.32. The van der Waals surface area contributed by atoms with Crippen LogP contribution < -0.4 is 10.5 Å². The molecule has 0 aliphatic carbocycles. The first-order chi connectivity index (χ1) is 17.8. The summed E-state index contributed by atoms with van der Waals surface area (Å²) in [5.74, 6) is 0.191. The fraction of sp³-hybridized carbons (Fsp3) is 0.462. The lowest BCUT2D eigenvalue weighted by Crippen LogP contribution is -2.48. The Hall–Kier alpha value is -2.66. The highest BCUT2D eigenvalue weighted by molar-refractivity contribution is 7.16. The molecule has 0 radical (unpaired) electrons. The maximum atomic E-state index is 13.4. The normalized spacial score (nSPS) is 14.7. The van der Waals surface area contributed by atoms with E-state index in [1.807, 2.05) is 51.9 Å². The molecule has 0 bridgehead atoms. The third-order valence-corrected chi connectivity index (χ3v) is 7.98. The van der Waals surface area contributed by atoms with E-state index in [0.717, 1.165) is 18.0 Å². The van der Waals surface area contributed by atoms with Gasteiger partial charge in [-0.05, 0) is 31.3 Å². The van der Waals surface area contributed by atoms with E-state index >= 15 is 0 Å². The molecule has 1 saturated heterocycles. The molecule has 0 spiro atoms. The van der Waals surface area contributed by atoms with E-state index in [2.05, 4.69) is 10.00 Å². The number of aromatic nitrogens is 3. The number of anilines is 1. The van der Waals surface area contributed by atoms with E-state index in [9.17, 15) is 14.4 Å². The van der Waals surface area contributed by atoms with E-state index in [1.54, 1.807) is 17.0 Å². The number of likely N-dealkylation sites (N-methyl/N-ethyl adjacent to an activating group) is 1. The van der Waals surface area contributed by atoms with E-state index in [-0.39, 0.29) is 23.4 Å². The van der Waals surface area contributed by atoms with Gasteiger partial charge < -0.3 is 14.7 Å². The van der Waals surface area contributed by atoms with Crippen molar-refractivity contribution in [3.05, 3.63) is 54.9 Å². The molecule has 0 atom stereocenters. The van der Waals surface area contributed by atoms with Crippen LogP contribution in [-0.2, 0) is 17.9 Å². The van der Waals surface area contributed by atoms with E-state index in [0.29, 0.717) is 41.2 Å². The fourth-order valence-corrected chi connectivity index (χ4v) is 5.52. The predicted molar refractivity (Wildman–Crippen MR) is 153 cm³/mol. The van der Waals surface area contributed by atoms with Crippen LogP contribution in [0.1, 0.15) is 30.4 Å². The Bertz CT molecular complexity index is 1400. The van der Waals surface area contributed by atoms with Crippen LogP contribution in [0, 0.1) is 5.41 Å². The fourth-order valence-electron chi connectivity index (χ4n) is 4.21. The molecule has 0 N–H and O–H groups in total. The van der Waals surface area contributed by atoms with Crippen LogP contribution in [0.25, 0.3) is 11.4 Å². The molecule has 1 amide bonds. The van der Waals surface area contributed by atoms with Crippen molar-refractivity contribution in [1.82, 2.24) is 24.1 Å². The second kappa shape index (κ2) is 11.2. The number of piperazine rings is 1. The van der Waals surface area contributed by atoms with Crippen LogP contribution >= 0.6 is 34.5 Å². The Morgan fingerprint density at radius 3 is 2.37 bits per heavy atom. The van der Waals surface area contributed by atoms with Gasteiger partial charge in [0.25, 0.3) is 11.5 Å². The standard InChI is InChI=1S/C26H32Cl2N6O3S/c1-26(2,3)25(37)34-22(31(5)15-17-6-9-21(28)38-17)14-19(29-34)20-8-7-18(27)24(36)33(20)16-23(35)32-12-10-30(4)11-13-32/h6-9,14H,10-13,15-16H2,1-5H3. The highest BCUT2D eigenvalue weighted by atomic mass is 35.5. The molecule has 12 heteroatoms. The average Bonchev–Trinajstić information content (AvgIpc) is 3.47. The Kier molecular flexibility index (Phi) is 8.37. The zero-order valence-corrected chi connectivity index (χ0v) is 24.5. The Morgan fingerprint density at radius 1 is 1.08 bits per heavy atom. The first-order valence-electron chi connectivity index (χ1n) is 12.3. The van der Waals surface area contributed by atoms with Gasteiger partial charge in [-0.2, -0.15) is 9.78 Å². The molecule has 3 aromatic rings. The predicted octanol–water partition coefficient (Wildman–Crippen LogP) is 4.18. The Morgan fingerprint density at radius 2 is 1.76 bits per heavy atom. The molecule has 1 aliphatic heterocycles. The van der Waals surface area contributed by atoms with Gasteiger partial charge in [-0.3, -0.25) is 19.0 Å². The van der Waals surface area contributed by atoms with Crippen molar-refractivity contribution in [1.29, 1.82) is 0 Å². The van der Waals surface area contributed by atoms with E-state index in [1.165, 1.54) is 26.7 Å². The largest absolute Gasteiger partial charge is 0.354 e. The van der Waals surface area contributed by atoms with Crippen LogP contribution in [0.2, 0.25) is 9.36 Å². The van der Waals surface area contributed by atoms with Crippen molar-refractivity contribution < 1.29 is 9.59 Å². The summed E-state index contributed by atoms with van der Waals surface area (Å²) in [6, 6.07) is 8.70. The number of amides is 1. The Balaban J connectivity index is 1.74. The average molecular weight is 580 g/mol. The summed E-state index contributed by atoms with van der Waals surface area (Å²) in [6.45, 7) is 8.55. The number of hydrogen-bond donors (Lipinski definition) is 0. The third-order valence-electron chi connectivity index (χ3n) is 6.48. The zero-order valence-electron chi connectivity index (χ0n) is 22.2. The monoisotopic (exact) mass is 578 g/mol. The lowest BCUT2D eigenvalue weighted by atomic mass is 9.96. The minimum atomic E-state index is -0.706. The van der Waals surface area contributed by atoms with Gasteiger partial charge in [-0.15, -0.1) is 11.3 Å². The van der Waals surface area contributed by atoms with Crippen molar-refractivity contribution in [3.63, 3.8) is 0 Å². The minimum absolute atomic E-state index is 0.0112. The van der Waals surface area contributed by atoms with Gasteiger partial charge >= 0.3 is 0 Å². The van der Waals surface area contributed by atoms with Gasteiger partial charge in [-0.25, -0.2) is 0 Å². The summed E-state index contributed by atoms with van der Waals surface area (Å²) in [7, 11) is 3.88. The zero-order chi connectivity index (χ0) is 27.8. The number of carbonyl (C=O) groups excluding carboxylic acids is 2. The molecule has 4 rings (SSSR count). The highest BCUT2D eigenvalue weighted by Gasteiger charge is 2.29. The van der Waals surface area contributed by atoms with Crippen LogP contribution in [0.3, 0.4) is 0 Å². The number of halogens is 2. The van der Waals surface area contributed by atoms with Crippen molar-refractivity contribution >= 4 is 52.2 Å². The first kappa shape index (κ1) is 28.4. The van der Waals surface area contributed by atoms with Gasteiger partial charge in [0.15, 0.2) is 0 Å². The summed E-state index contributed by atoms with van der Waals surface area (Å²) in [6.07, 6.45) is 0. The molecular weight excluding hydrogens is 547 g/mol. The summed E-state index contributed by atoms with van der Waals surface area (Å²) in [5.41, 5.74) is -0.376. The molecule has 1 fully saturated rings. The van der Waals surface area contributed by atoms with Gasteiger partial charge in [0.2, 0.25) is 5.91 Å². The second-order valence-electron chi connectivity index (χ2n) is 10.6. The maximum Gasteiger partial charge on any atom is 0.270 e. The first-order valence-corrected chi connectivity index (χ1v) is 13.9. The van der Waals surface area contributed by atoms with Gasteiger partial charge in [0, 0.05) is 49.6 Å². The molecule has 0 saturated carbocycles. The van der Waals surface area contributed by atoms with Gasteiger partial charge in [0.05, 0.1) is 16.6 Å². The number of pyridine rings is 1. The summed E-state index contributed by atoms with van der Waals surface area (Å²) in [4.78, 5) is 46.5. The number of hydrogen-bond acceptors (Lipinski definition) is 7. The molecular formula is C26H32Cl2N6O3S. The molecule has 3 aromatic heterocycles. The lowest BCUT2D eigenvalue weighted by molar-refractivity contribution is -0.133. The smallest absolute Gasteiger partial charge is 0.270 e. The van der Waals surface area contributed by atoms with Crippen molar-refractivity contribution in [2.24, 2.45) is 5.41 Å². The molecule has 4 heterocycles. The molecule has 9 nitrogen and oxygen atoms in total. The molecule has 0 aromatic carbocycles. The van der Waals surface area contributed by atoms with E-state index in [4.69, 9.17) is 23.2 Å². The SMILES string of the molecule is CN1CCN(C(=O)Cn2c(-c3cc(N(C)Cc4ccc(Cl)s4)n(C(=O)C(C)(C)C)n3)ccc(Cl)c2=O)CC1. The molecule has 1 aliphatic rings. The Labute approximate surface area is 236 Å². The molecule has 38 heavy (non-hydrogen) atoms. The van der Waals surface area contributed by atoms with Crippen LogP contribution in [-0.4, -0.2) is 76.2 Å². The summed E-state index contributed by atoms with van der Waals surface area (Å²) in [5, 5.41) is 4.66. The van der Waals surface area contributed by atoms with Crippen molar-refractivity contribution in [3.8, 4) is 11.4 Å². The number of carbonyl (C=O) groups is 2. The van der Waals surface area contributed by atoms with Gasteiger partial charge in [-0.1, -0.05) is 44.0 Å². The topological polar surface area (TPSA) is 83.7 Å². The van der Waals surface area contributed by atoms with E-state index < -0.39 is 11.0 Å².